The quantitative estimate of drug-likeness (QED) is 0.420. The molecule has 2 aromatic rings. The number of nitrogens with zero attached hydrogens (tertiary/aromatic N) is 2. The second kappa shape index (κ2) is 8.13. The molecule has 1 saturated heterocycles. The van der Waals surface area contributed by atoms with E-state index in [0.29, 0.717) is 10.6 Å². The van der Waals surface area contributed by atoms with Crippen LogP contribution in [0.4, 0.5) is 0 Å². The number of aryl methyl sites for hydroxylation is 1. The van der Waals surface area contributed by atoms with Gasteiger partial charge < -0.3 is 10.6 Å². The van der Waals surface area contributed by atoms with Crippen molar-refractivity contribution in [3.05, 3.63) is 41.2 Å². The molecule has 0 amide bonds. The minimum Gasteiger partial charge on any atom is -0.362 e. The van der Waals surface area contributed by atoms with Crippen molar-refractivity contribution < 1.29 is 0 Å². The molecule has 0 aliphatic carbocycles. The van der Waals surface area contributed by atoms with Crippen molar-refractivity contribution in [1.29, 1.82) is 10.8 Å². The Bertz CT molecular complexity index is 917. The SMILES string of the molecule is Cn1cc(-c2ccc(C(=N)SC(=N)NC3CC(C)(C)NC(C)(C)C3)c(Cl)c2)cn1. The Kier molecular flexibility index (Phi) is 6.13. The minimum absolute atomic E-state index is 0.00328. The molecule has 6 nitrogen and oxygen atoms in total. The van der Waals surface area contributed by atoms with Gasteiger partial charge in [0.15, 0.2) is 5.17 Å². The summed E-state index contributed by atoms with van der Waals surface area (Å²) in [5.74, 6) is 0. The van der Waals surface area contributed by atoms with E-state index in [1.54, 1.807) is 10.9 Å². The van der Waals surface area contributed by atoms with Gasteiger partial charge in [-0.15, -0.1) is 0 Å². The van der Waals surface area contributed by atoms with Gasteiger partial charge in [-0.2, -0.15) is 5.10 Å². The zero-order valence-electron chi connectivity index (χ0n) is 17.6. The summed E-state index contributed by atoms with van der Waals surface area (Å²) in [7, 11) is 1.87. The summed E-state index contributed by atoms with van der Waals surface area (Å²) >= 11 is 7.55. The zero-order chi connectivity index (χ0) is 21.4. The van der Waals surface area contributed by atoms with E-state index in [-0.39, 0.29) is 27.3 Å². The first-order chi connectivity index (χ1) is 13.4. The summed E-state index contributed by atoms with van der Waals surface area (Å²) in [5, 5.41) is 28.9. The predicted octanol–water partition coefficient (Wildman–Crippen LogP) is 4.63. The number of rotatable bonds is 3. The lowest BCUT2D eigenvalue weighted by atomic mass is 9.80. The van der Waals surface area contributed by atoms with E-state index in [1.165, 1.54) is 0 Å². The molecule has 1 aromatic heterocycles. The number of nitrogens with one attached hydrogen (secondary N) is 4. The van der Waals surface area contributed by atoms with Crippen molar-refractivity contribution >= 4 is 33.6 Å². The summed E-state index contributed by atoms with van der Waals surface area (Å²) in [6.07, 6.45) is 5.56. The first-order valence-corrected chi connectivity index (χ1v) is 10.8. The van der Waals surface area contributed by atoms with Crippen molar-refractivity contribution in [3.8, 4) is 11.1 Å². The van der Waals surface area contributed by atoms with Gasteiger partial charge in [-0.1, -0.05) is 23.7 Å². The van der Waals surface area contributed by atoms with Gasteiger partial charge in [-0.3, -0.25) is 15.5 Å². The number of piperidine rings is 1. The highest BCUT2D eigenvalue weighted by Gasteiger charge is 2.37. The third-order valence-corrected chi connectivity index (χ3v) is 6.04. The van der Waals surface area contributed by atoms with Crippen molar-refractivity contribution in [3.63, 3.8) is 0 Å². The highest BCUT2D eigenvalue weighted by molar-refractivity contribution is 8.26. The van der Waals surface area contributed by atoms with Gasteiger partial charge in [0.1, 0.15) is 5.04 Å². The lowest BCUT2D eigenvalue weighted by Crippen LogP contribution is -2.62. The summed E-state index contributed by atoms with van der Waals surface area (Å²) < 4.78 is 1.74. The second-order valence-electron chi connectivity index (χ2n) is 9.00. The van der Waals surface area contributed by atoms with Gasteiger partial charge in [0.25, 0.3) is 0 Å². The number of hydrogen-bond acceptors (Lipinski definition) is 5. The van der Waals surface area contributed by atoms with Gasteiger partial charge in [0.2, 0.25) is 0 Å². The standard InChI is InChI=1S/C21H29ClN6S/c1-20(2)9-15(10-21(3,4)27-20)26-19(24)29-18(23)16-7-6-13(8-17(16)22)14-11-25-28(5)12-14/h6-8,11-12,15,23,27H,9-10H2,1-5H3,(H2,24,26). The van der Waals surface area contributed by atoms with E-state index >= 15 is 0 Å². The Morgan fingerprint density at radius 1 is 1.21 bits per heavy atom. The largest absolute Gasteiger partial charge is 0.362 e. The zero-order valence-corrected chi connectivity index (χ0v) is 19.1. The molecule has 2 heterocycles. The molecule has 0 saturated carbocycles. The first kappa shape index (κ1) is 21.9. The van der Waals surface area contributed by atoms with Crippen molar-refractivity contribution in [2.24, 2.45) is 7.05 Å². The minimum atomic E-state index is 0.00328. The summed E-state index contributed by atoms with van der Waals surface area (Å²) in [6.45, 7) is 8.74. The summed E-state index contributed by atoms with van der Waals surface area (Å²) in [6, 6.07) is 5.81. The van der Waals surface area contributed by atoms with Crippen molar-refractivity contribution in [2.45, 2.75) is 57.7 Å². The fourth-order valence-electron chi connectivity index (χ4n) is 4.25. The van der Waals surface area contributed by atoms with Crippen LogP contribution in [0, 0.1) is 10.8 Å². The third-order valence-electron chi connectivity index (χ3n) is 4.98. The summed E-state index contributed by atoms with van der Waals surface area (Å²) in [5.41, 5.74) is 2.57. The Morgan fingerprint density at radius 2 is 1.86 bits per heavy atom. The Morgan fingerprint density at radius 3 is 2.41 bits per heavy atom. The van der Waals surface area contributed by atoms with E-state index in [4.69, 9.17) is 22.4 Å². The van der Waals surface area contributed by atoms with Crippen LogP contribution >= 0.6 is 23.4 Å². The van der Waals surface area contributed by atoms with Gasteiger partial charge in [0, 0.05) is 41.5 Å². The lowest BCUT2D eigenvalue weighted by Gasteiger charge is -2.46. The number of halogens is 1. The maximum absolute atomic E-state index is 8.42. The fraction of sp³-hybridized carbons (Fsp3) is 0.476. The molecule has 0 spiro atoms. The molecule has 8 heteroatoms. The number of thioether (sulfide) groups is 1. The van der Waals surface area contributed by atoms with Crippen LogP contribution in [0.2, 0.25) is 5.02 Å². The number of benzene rings is 1. The molecule has 1 aliphatic heterocycles. The van der Waals surface area contributed by atoms with Crippen molar-refractivity contribution in [2.75, 3.05) is 0 Å². The van der Waals surface area contributed by atoms with Gasteiger partial charge >= 0.3 is 0 Å². The molecule has 1 aromatic carbocycles. The molecule has 0 radical (unpaired) electrons. The molecule has 156 valence electrons. The molecule has 0 atom stereocenters. The second-order valence-corrected chi connectivity index (χ2v) is 10.4. The molecular formula is C21H29ClN6S. The molecule has 4 N–H and O–H groups in total. The Hall–Kier alpha value is -1.83. The highest BCUT2D eigenvalue weighted by Crippen LogP contribution is 2.30. The average molecular weight is 433 g/mol. The molecule has 29 heavy (non-hydrogen) atoms. The maximum Gasteiger partial charge on any atom is 0.160 e. The third kappa shape index (κ3) is 5.62. The molecule has 3 rings (SSSR count). The number of amidine groups is 1. The van der Waals surface area contributed by atoms with Gasteiger partial charge in [0.05, 0.1) is 11.2 Å². The predicted molar refractivity (Wildman–Crippen MR) is 123 cm³/mol. The van der Waals surface area contributed by atoms with E-state index in [0.717, 1.165) is 35.7 Å². The van der Waals surface area contributed by atoms with Gasteiger partial charge in [-0.05, 0) is 63.9 Å². The van der Waals surface area contributed by atoms with Crippen LogP contribution in [0.5, 0.6) is 0 Å². The Labute approximate surface area is 181 Å². The van der Waals surface area contributed by atoms with Crippen LogP contribution in [0.1, 0.15) is 46.1 Å². The van der Waals surface area contributed by atoms with E-state index < -0.39 is 0 Å². The Balaban J connectivity index is 1.64. The van der Waals surface area contributed by atoms with Crippen LogP contribution in [-0.2, 0) is 7.05 Å². The number of hydrogen-bond donors (Lipinski definition) is 4. The smallest absolute Gasteiger partial charge is 0.160 e. The summed E-state index contributed by atoms with van der Waals surface area (Å²) in [4.78, 5) is 0. The average Bonchev–Trinajstić information content (AvgIpc) is 2.97. The van der Waals surface area contributed by atoms with E-state index in [9.17, 15) is 0 Å². The normalized spacial score (nSPS) is 18.4. The number of aromatic nitrogens is 2. The van der Waals surface area contributed by atoms with Gasteiger partial charge in [-0.25, -0.2) is 0 Å². The van der Waals surface area contributed by atoms with Crippen LogP contribution in [0.25, 0.3) is 11.1 Å². The first-order valence-electron chi connectivity index (χ1n) is 9.64. The molecule has 1 fully saturated rings. The maximum atomic E-state index is 8.42. The molecular weight excluding hydrogens is 404 g/mol. The van der Waals surface area contributed by atoms with E-state index in [2.05, 4.69) is 43.4 Å². The lowest BCUT2D eigenvalue weighted by molar-refractivity contribution is 0.156. The highest BCUT2D eigenvalue weighted by atomic mass is 35.5. The topological polar surface area (TPSA) is 89.6 Å². The molecule has 1 aliphatic rings. The van der Waals surface area contributed by atoms with Crippen LogP contribution in [-0.4, -0.2) is 37.1 Å². The monoisotopic (exact) mass is 432 g/mol. The van der Waals surface area contributed by atoms with Crippen molar-refractivity contribution in [1.82, 2.24) is 20.4 Å². The fourth-order valence-corrected chi connectivity index (χ4v) is 5.29. The van der Waals surface area contributed by atoms with Crippen LogP contribution in [0.15, 0.2) is 30.6 Å². The molecule has 0 bridgehead atoms. The molecule has 0 unspecified atom stereocenters. The van der Waals surface area contributed by atoms with Crippen LogP contribution < -0.4 is 10.6 Å². The van der Waals surface area contributed by atoms with Crippen LogP contribution in [0.3, 0.4) is 0 Å². The van der Waals surface area contributed by atoms with E-state index in [1.807, 2.05) is 31.4 Å².